The summed E-state index contributed by atoms with van der Waals surface area (Å²) in [6.07, 6.45) is 8.09. The third-order valence-electron chi connectivity index (χ3n) is 3.13. The number of nitrogens with zero attached hydrogens (tertiary/aromatic N) is 4. The molecule has 0 rings (SSSR count). The summed E-state index contributed by atoms with van der Waals surface area (Å²) in [7, 11) is 4.47. The van der Waals surface area contributed by atoms with E-state index in [1.54, 1.807) is 0 Å². The molecule has 2 radical (unpaired) electrons. The van der Waals surface area contributed by atoms with E-state index in [-0.39, 0.29) is 0 Å². The highest BCUT2D eigenvalue weighted by molar-refractivity contribution is 5.99. The van der Waals surface area contributed by atoms with E-state index in [2.05, 4.69) is 38.4 Å². The highest BCUT2D eigenvalue weighted by atomic mass is 16.4. The summed E-state index contributed by atoms with van der Waals surface area (Å²) in [6.45, 7) is 10.8. The van der Waals surface area contributed by atoms with Gasteiger partial charge in [-0.05, 0) is 38.9 Å². The van der Waals surface area contributed by atoms with E-state index in [1.807, 2.05) is 0 Å². The van der Waals surface area contributed by atoms with E-state index in [4.69, 9.17) is 15.8 Å². The Morgan fingerprint density at radius 3 is 1.27 bits per heavy atom. The van der Waals surface area contributed by atoms with Crippen LogP contribution >= 0.6 is 0 Å². The molecule has 0 saturated heterocycles. The predicted molar refractivity (Wildman–Crippen MR) is 87.6 cm³/mol. The predicted octanol–water partition coefficient (Wildman–Crippen LogP) is 3.08. The quantitative estimate of drug-likeness (QED) is 0.579. The summed E-state index contributed by atoms with van der Waals surface area (Å²) in [5.74, 6) is 0. The van der Waals surface area contributed by atoms with Crippen molar-refractivity contribution in [3.8, 4) is 18.2 Å². The van der Waals surface area contributed by atoms with Gasteiger partial charge in [0.1, 0.15) is 18.2 Å². The molecule has 22 heavy (non-hydrogen) atoms. The topological polar surface area (TPSA) is 83.8 Å². The van der Waals surface area contributed by atoms with Crippen LogP contribution in [0.3, 0.4) is 0 Å². The molecular formula is C16H27BN4O. The number of unbranched alkanes of at least 4 members (excludes halogenated alkanes) is 3. The Hall–Kier alpha value is -1.55. The van der Waals surface area contributed by atoms with Gasteiger partial charge in [0.05, 0.1) is 0 Å². The number of nitriles is 3. The first-order valence-corrected chi connectivity index (χ1v) is 7.93. The van der Waals surface area contributed by atoms with Gasteiger partial charge >= 0.3 is 5.60 Å². The van der Waals surface area contributed by atoms with Crippen molar-refractivity contribution in [2.45, 2.75) is 64.9 Å². The lowest BCUT2D eigenvalue weighted by Gasteiger charge is -2.21. The third-order valence-corrected chi connectivity index (χ3v) is 3.13. The summed E-state index contributed by atoms with van der Waals surface area (Å²) in [5, 5.41) is 24.2. The lowest BCUT2D eigenvalue weighted by Crippen LogP contribution is -2.27. The summed E-state index contributed by atoms with van der Waals surface area (Å²) in [5.41, 5.74) is -2.14. The van der Waals surface area contributed by atoms with Crippen molar-refractivity contribution >= 4 is 8.05 Å². The minimum atomic E-state index is -2.14. The van der Waals surface area contributed by atoms with E-state index in [9.17, 15) is 0 Å². The highest BCUT2D eigenvalue weighted by Crippen LogP contribution is 2.03. The van der Waals surface area contributed by atoms with Crippen LogP contribution in [-0.4, -0.2) is 38.2 Å². The van der Waals surface area contributed by atoms with E-state index in [0.29, 0.717) is 0 Å². The summed E-state index contributed by atoms with van der Waals surface area (Å²) in [6, 6.07) is 3.89. The van der Waals surface area contributed by atoms with Crippen LogP contribution in [0.4, 0.5) is 0 Å². The molecule has 0 bridgehead atoms. The molecule has 0 heterocycles. The van der Waals surface area contributed by atoms with Crippen molar-refractivity contribution < 1.29 is 4.65 Å². The molecule has 0 atom stereocenters. The van der Waals surface area contributed by atoms with Crippen molar-refractivity contribution in [3.63, 3.8) is 0 Å². The molecule has 0 aromatic rings. The fraction of sp³-hybridized carbons (Fsp3) is 0.812. The zero-order chi connectivity index (χ0) is 17.3. The fourth-order valence-corrected chi connectivity index (χ4v) is 1.63. The first-order chi connectivity index (χ1) is 10.6. The smallest absolute Gasteiger partial charge is 0.315 e. The van der Waals surface area contributed by atoms with E-state index in [1.165, 1.54) is 76.4 Å². The maximum atomic E-state index is 8.08. The monoisotopic (exact) mass is 302 g/mol. The Morgan fingerprint density at radius 1 is 0.818 bits per heavy atom. The minimum absolute atomic E-state index is 1.30. The Bertz CT molecular complexity index is 326. The molecule has 0 fully saturated rings. The number of hydrogen-bond donors (Lipinski definition) is 0. The Morgan fingerprint density at radius 2 is 1.14 bits per heavy atom. The van der Waals surface area contributed by atoms with Gasteiger partial charge in [-0.3, -0.25) is 0 Å². The van der Waals surface area contributed by atoms with Crippen LogP contribution in [0.5, 0.6) is 0 Å². The lowest BCUT2D eigenvalue weighted by atomic mass is 10.1. The molecule has 0 saturated carbocycles. The van der Waals surface area contributed by atoms with Crippen molar-refractivity contribution in [1.29, 1.82) is 15.8 Å². The van der Waals surface area contributed by atoms with Gasteiger partial charge in [0.15, 0.2) is 0 Å². The largest absolute Gasteiger partial charge is 0.410 e. The molecule has 0 aliphatic heterocycles. The maximum Gasteiger partial charge on any atom is 0.315 e. The van der Waals surface area contributed by atoms with Crippen LogP contribution in [0.1, 0.15) is 59.3 Å². The van der Waals surface area contributed by atoms with Gasteiger partial charge in [0.2, 0.25) is 0 Å². The van der Waals surface area contributed by atoms with E-state index in [0.717, 1.165) is 0 Å². The normalized spacial score (nSPS) is 10.0. The van der Waals surface area contributed by atoms with Crippen LogP contribution in [0.15, 0.2) is 0 Å². The first-order valence-electron chi connectivity index (χ1n) is 7.93. The fourth-order valence-electron chi connectivity index (χ4n) is 1.63. The second-order valence-corrected chi connectivity index (χ2v) is 5.04. The molecule has 0 amide bonds. The standard InChI is InChI=1S/C12H27N.C4BN3O/c1-4-7-10-13(11-8-5-2)12-9-6-3;5-9-4(1-6,2-7)3-8/h4-12H2,1-3H3;. The third kappa shape index (κ3) is 11.2. The Labute approximate surface area is 136 Å². The Balaban J connectivity index is 0. The number of rotatable bonds is 10. The molecular weight excluding hydrogens is 275 g/mol. The zero-order valence-corrected chi connectivity index (χ0v) is 14.1. The average molecular weight is 302 g/mol. The summed E-state index contributed by atoms with van der Waals surface area (Å²) >= 11 is 0. The molecule has 0 aromatic heterocycles. The van der Waals surface area contributed by atoms with Gasteiger partial charge in [-0.1, -0.05) is 40.0 Å². The van der Waals surface area contributed by atoms with Crippen molar-refractivity contribution in [2.24, 2.45) is 0 Å². The van der Waals surface area contributed by atoms with Gasteiger partial charge in [-0.25, -0.2) is 0 Å². The van der Waals surface area contributed by atoms with E-state index < -0.39 is 5.60 Å². The van der Waals surface area contributed by atoms with Gasteiger partial charge in [-0.15, -0.1) is 0 Å². The number of hydrogen-bond acceptors (Lipinski definition) is 5. The van der Waals surface area contributed by atoms with Crippen LogP contribution in [0.25, 0.3) is 0 Å². The zero-order valence-electron chi connectivity index (χ0n) is 14.1. The van der Waals surface area contributed by atoms with Gasteiger partial charge in [-0.2, -0.15) is 15.8 Å². The van der Waals surface area contributed by atoms with Gasteiger partial charge < -0.3 is 9.55 Å². The van der Waals surface area contributed by atoms with Crippen LogP contribution in [0, 0.1) is 34.0 Å². The summed E-state index contributed by atoms with van der Waals surface area (Å²) in [4.78, 5) is 2.64. The SMILES string of the molecule is CCCCN(CCCC)CCCC.[B]OC(C#N)(C#N)C#N. The molecule has 0 aromatic carbocycles. The molecule has 0 aliphatic rings. The average Bonchev–Trinajstić information content (AvgIpc) is 2.57. The minimum Gasteiger partial charge on any atom is -0.410 e. The molecule has 0 spiro atoms. The molecule has 0 aliphatic carbocycles. The molecule has 0 unspecified atom stereocenters. The molecule has 120 valence electrons. The molecule has 0 N–H and O–H groups in total. The van der Waals surface area contributed by atoms with Crippen LogP contribution in [-0.2, 0) is 4.65 Å². The maximum absolute atomic E-state index is 8.08. The van der Waals surface area contributed by atoms with Crippen LogP contribution in [0.2, 0.25) is 0 Å². The van der Waals surface area contributed by atoms with Crippen LogP contribution < -0.4 is 0 Å². The van der Waals surface area contributed by atoms with Crippen molar-refractivity contribution in [1.82, 2.24) is 4.90 Å². The first kappa shape index (κ1) is 22.7. The van der Waals surface area contributed by atoms with Gasteiger partial charge in [0.25, 0.3) is 8.05 Å². The lowest BCUT2D eigenvalue weighted by molar-refractivity contribution is 0.261. The second-order valence-electron chi connectivity index (χ2n) is 5.04. The van der Waals surface area contributed by atoms with Crippen molar-refractivity contribution in [3.05, 3.63) is 0 Å². The molecule has 6 heteroatoms. The second kappa shape index (κ2) is 15.8. The van der Waals surface area contributed by atoms with Gasteiger partial charge in [0, 0.05) is 0 Å². The highest BCUT2D eigenvalue weighted by Gasteiger charge is 2.27. The Kier molecular flexibility index (Phi) is 16.4. The summed E-state index contributed by atoms with van der Waals surface area (Å²) < 4.78 is 3.80. The molecule has 5 nitrogen and oxygen atoms in total. The van der Waals surface area contributed by atoms with E-state index >= 15 is 0 Å². The van der Waals surface area contributed by atoms with Crippen molar-refractivity contribution in [2.75, 3.05) is 19.6 Å².